The summed E-state index contributed by atoms with van der Waals surface area (Å²) >= 11 is 8.06. The Morgan fingerprint density at radius 2 is 1.56 bits per heavy atom. The van der Waals surface area contributed by atoms with E-state index in [1.54, 1.807) is 12.1 Å². The zero-order chi connectivity index (χ0) is 24.4. The van der Waals surface area contributed by atoms with Gasteiger partial charge in [0.05, 0.1) is 16.0 Å². The van der Waals surface area contributed by atoms with Gasteiger partial charge in [-0.25, -0.2) is 17.6 Å². The second kappa shape index (κ2) is 10.2. The van der Waals surface area contributed by atoms with Crippen molar-refractivity contribution >= 4 is 48.8 Å². The smallest absolute Gasteiger partial charge is 0.181 e. The predicted molar refractivity (Wildman–Crippen MR) is 130 cm³/mol. The van der Waals surface area contributed by atoms with Crippen molar-refractivity contribution in [2.24, 2.45) is 5.16 Å². The minimum absolute atomic E-state index is 0.0441. The van der Waals surface area contributed by atoms with Crippen LogP contribution in [0.25, 0.3) is 19.8 Å². The molecule has 2 heterocycles. The van der Waals surface area contributed by atoms with Crippen molar-refractivity contribution in [3.8, 4) is 22.3 Å². The average molecular weight is 522 g/mol. The van der Waals surface area contributed by atoms with Crippen LogP contribution in [0.3, 0.4) is 0 Å². The van der Waals surface area contributed by atoms with E-state index in [9.17, 15) is 17.6 Å². The van der Waals surface area contributed by atoms with Crippen molar-refractivity contribution in [1.29, 1.82) is 0 Å². The molecule has 0 fully saturated rings. The van der Waals surface area contributed by atoms with Crippen molar-refractivity contribution in [3.63, 3.8) is 0 Å². The molecule has 0 spiro atoms. The molecular formula is C25H16ClF4NOS2. The van der Waals surface area contributed by atoms with Crippen LogP contribution in [-0.4, -0.2) is 10.4 Å². The van der Waals surface area contributed by atoms with Gasteiger partial charge in [0.25, 0.3) is 0 Å². The Kier molecular flexibility index (Phi) is 7.27. The van der Waals surface area contributed by atoms with E-state index in [0.29, 0.717) is 21.7 Å². The van der Waals surface area contributed by atoms with E-state index in [0.717, 1.165) is 34.4 Å². The van der Waals surface area contributed by atoms with Gasteiger partial charge in [-0.1, -0.05) is 41.9 Å². The molecule has 1 N–H and O–H groups in total. The third-order valence-electron chi connectivity index (χ3n) is 5.04. The Bertz CT molecular complexity index is 1400. The topological polar surface area (TPSA) is 32.6 Å². The van der Waals surface area contributed by atoms with Crippen LogP contribution in [0.1, 0.15) is 41.3 Å². The summed E-state index contributed by atoms with van der Waals surface area (Å²) in [6.07, 6.45) is 2.44. The molecule has 2 aromatic heterocycles. The molecule has 2 nitrogen and oxygen atoms in total. The maximum atomic E-state index is 14.7. The molecule has 4 rings (SSSR count). The van der Waals surface area contributed by atoms with Gasteiger partial charge in [-0.05, 0) is 54.8 Å². The summed E-state index contributed by atoms with van der Waals surface area (Å²) < 4.78 is 59.2. The molecule has 0 bridgehead atoms. The fourth-order valence-corrected chi connectivity index (χ4v) is 5.91. The SMILES string of the molecule is CCCCc1cc(F)c(-c2cc3sc(C#Cc4cc(F)c(/C(Cl)=N/O)c(F)c4)cc3s2)c(F)c1. The molecular weight excluding hydrogens is 506 g/mol. The zero-order valence-electron chi connectivity index (χ0n) is 17.7. The number of halogens is 5. The largest absolute Gasteiger partial charge is 0.410 e. The van der Waals surface area contributed by atoms with Crippen LogP contribution in [0.2, 0.25) is 0 Å². The van der Waals surface area contributed by atoms with Gasteiger partial charge in [-0.15, -0.1) is 22.7 Å². The number of oxime groups is 1. The van der Waals surface area contributed by atoms with Crippen LogP contribution in [0.5, 0.6) is 0 Å². The number of hydrogen-bond acceptors (Lipinski definition) is 4. The van der Waals surface area contributed by atoms with Gasteiger partial charge in [0.2, 0.25) is 0 Å². The van der Waals surface area contributed by atoms with E-state index in [1.807, 2.05) is 6.92 Å². The first-order valence-electron chi connectivity index (χ1n) is 10.2. The Morgan fingerprint density at radius 1 is 0.912 bits per heavy atom. The monoisotopic (exact) mass is 521 g/mol. The summed E-state index contributed by atoms with van der Waals surface area (Å²) in [7, 11) is 0. The third kappa shape index (κ3) is 4.97. The van der Waals surface area contributed by atoms with Gasteiger partial charge in [-0.3, -0.25) is 0 Å². The first kappa shape index (κ1) is 24.3. The van der Waals surface area contributed by atoms with Crippen molar-refractivity contribution in [2.75, 3.05) is 0 Å². The van der Waals surface area contributed by atoms with E-state index >= 15 is 0 Å². The highest BCUT2D eigenvalue weighted by Crippen LogP contribution is 2.40. The van der Waals surface area contributed by atoms with Crippen molar-refractivity contribution < 1.29 is 22.8 Å². The number of hydrogen-bond donors (Lipinski definition) is 1. The highest BCUT2D eigenvalue weighted by Gasteiger charge is 2.18. The van der Waals surface area contributed by atoms with Crippen LogP contribution < -0.4 is 0 Å². The van der Waals surface area contributed by atoms with Crippen molar-refractivity contribution in [2.45, 2.75) is 26.2 Å². The maximum Gasteiger partial charge on any atom is 0.181 e. The van der Waals surface area contributed by atoms with Gasteiger partial charge < -0.3 is 5.21 Å². The van der Waals surface area contributed by atoms with Crippen molar-refractivity contribution in [3.05, 3.63) is 81.2 Å². The highest BCUT2D eigenvalue weighted by atomic mass is 35.5. The van der Waals surface area contributed by atoms with E-state index in [4.69, 9.17) is 16.8 Å². The van der Waals surface area contributed by atoms with Gasteiger partial charge in [0.15, 0.2) is 5.17 Å². The molecule has 0 unspecified atom stereocenters. The Morgan fingerprint density at radius 3 is 2.15 bits per heavy atom. The van der Waals surface area contributed by atoms with Gasteiger partial charge in [-0.2, -0.15) is 0 Å². The fourth-order valence-electron chi connectivity index (χ4n) is 3.43. The summed E-state index contributed by atoms with van der Waals surface area (Å²) in [6, 6.07) is 8.24. The maximum absolute atomic E-state index is 14.7. The second-order valence-corrected chi connectivity index (χ2v) is 9.97. The lowest BCUT2D eigenvalue weighted by Crippen LogP contribution is -2.01. The molecule has 174 valence electrons. The summed E-state index contributed by atoms with van der Waals surface area (Å²) in [5.41, 5.74) is 0.0309. The first-order chi connectivity index (χ1) is 16.3. The lowest BCUT2D eigenvalue weighted by molar-refractivity contribution is 0.320. The number of rotatable bonds is 5. The van der Waals surface area contributed by atoms with Crippen LogP contribution in [0.4, 0.5) is 17.6 Å². The predicted octanol–water partition coefficient (Wildman–Crippen LogP) is 8.30. The standard InChI is InChI=1S/C25H16ClF4NOS2/c1-2-3-4-13-7-16(27)23(17(28)8-13)22-12-21-20(34-22)11-15(33-21)6-5-14-9-18(29)24(19(30)10-14)25(26)31-32/h7-12,32H,2-4H2,1H3/b31-25-. The molecule has 0 saturated heterocycles. The molecule has 2 aromatic carbocycles. The summed E-state index contributed by atoms with van der Waals surface area (Å²) in [4.78, 5) is 1.11. The molecule has 0 atom stereocenters. The summed E-state index contributed by atoms with van der Waals surface area (Å²) in [5.74, 6) is 2.35. The number of unbranched alkanes of at least 4 members (excludes halogenated alkanes) is 1. The van der Waals surface area contributed by atoms with E-state index < -0.39 is 34.0 Å². The van der Waals surface area contributed by atoms with Gasteiger partial charge >= 0.3 is 0 Å². The number of thiophene rings is 2. The molecule has 0 radical (unpaired) electrons. The molecule has 0 aliphatic heterocycles. The molecule has 0 aliphatic rings. The molecule has 0 amide bonds. The quantitative estimate of drug-likeness (QED) is 0.0925. The van der Waals surface area contributed by atoms with Gasteiger partial charge in [0.1, 0.15) is 23.3 Å². The molecule has 34 heavy (non-hydrogen) atoms. The van der Waals surface area contributed by atoms with Crippen molar-refractivity contribution in [1.82, 2.24) is 0 Å². The minimum Gasteiger partial charge on any atom is -0.410 e. The summed E-state index contributed by atoms with van der Waals surface area (Å²) in [6.45, 7) is 2.02. The highest BCUT2D eigenvalue weighted by molar-refractivity contribution is 7.29. The normalized spacial score (nSPS) is 11.6. The number of aryl methyl sites for hydroxylation is 1. The average Bonchev–Trinajstić information content (AvgIpc) is 3.34. The number of nitrogens with zero attached hydrogens (tertiary/aromatic N) is 1. The lowest BCUT2D eigenvalue weighted by Gasteiger charge is -2.06. The Labute approximate surface area is 206 Å². The second-order valence-electron chi connectivity index (χ2n) is 7.44. The minimum atomic E-state index is -1.01. The lowest BCUT2D eigenvalue weighted by atomic mass is 10.0. The van der Waals surface area contributed by atoms with Crippen LogP contribution in [0, 0.1) is 35.1 Å². The fraction of sp³-hybridized carbons (Fsp3) is 0.160. The third-order valence-corrected chi connectivity index (χ3v) is 7.53. The summed E-state index contributed by atoms with van der Waals surface area (Å²) in [5, 5.41) is 10.5. The Balaban J connectivity index is 1.61. The first-order valence-corrected chi connectivity index (χ1v) is 12.2. The van der Waals surface area contributed by atoms with E-state index in [2.05, 4.69) is 17.0 Å². The molecule has 9 heteroatoms. The van der Waals surface area contributed by atoms with Gasteiger partial charge in [0, 0.05) is 19.8 Å². The number of benzene rings is 2. The number of fused-ring (bicyclic) bond motifs is 1. The van der Waals surface area contributed by atoms with Crippen LogP contribution in [-0.2, 0) is 6.42 Å². The van der Waals surface area contributed by atoms with Crippen LogP contribution >= 0.6 is 34.3 Å². The van der Waals surface area contributed by atoms with Crippen LogP contribution in [0.15, 0.2) is 41.6 Å². The van der Waals surface area contributed by atoms with E-state index in [1.165, 1.54) is 34.8 Å². The Hall–Kier alpha value is -2.86. The molecule has 0 aliphatic carbocycles. The van der Waals surface area contributed by atoms with E-state index in [-0.39, 0.29) is 11.1 Å². The zero-order valence-corrected chi connectivity index (χ0v) is 20.1. The molecule has 4 aromatic rings. The molecule has 0 saturated carbocycles.